The summed E-state index contributed by atoms with van der Waals surface area (Å²) in [6.45, 7) is 2.65. The molecule has 0 amide bonds. The first kappa shape index (κ1) is 25.0. The minimum Gasteiger partial charge on any atom is -0.493 e. The van der Waals surface area contributed by atoms with Crippen LogP contribution in [0.5, 0.6) is 11.5 Å². The number of nitrogens with one attached hydrogen (secondary N) is 1. The molecule has 1 aromatic heterocycles. The minimum absolute atomic E-state index is 0.0160. The molecule has 2 N–H and O–H groups in total. The molecule has 1 aliphatic carbocycles. The predicted molar refractivity (Wildman–Crippen MR) is 125 cm³/mol. The monoisotopic (exact) mass is 491 g/mol. The van der Waals surface area contributed by atoms with Crippen molar-refractivity contribution in [3.63, 3.8) is 0 Å². The molecule has 1 fully saturated rings. The maximum Gasteiger partial charge on any atom is 0.298 e. The summed E-state index contributed by atoms with van der Waals surface area (Å²) in [5.74, 6) is -2.96. The number of benzene rings is 2. The van der Waals surface area contributed by atoms with Gasteiger partial charge in [0.25, 0.3) is 5.92 Å². The average Bonchev–Trinajstić information content (AvgIpc) is 3.66. The molecule has 0 aliphatic heterocycles. The van der Waals surface area contributed by atoms with Gasteiger partial charge < -0.3 is 24.6 Å². The summed E-state index contributed by atoms with van der Waals surface area (Å²) in [5, 5.41) is 12.7. The molecule has 4 rings (SSSR count). The molecular formula is C25H28F3N3O4. The summed E-state index contributed by atoms with van der Waals surface area (Å²) in [6, 6.07) is 6.44. The summed E-state index contributed by atoms with van der Waals surface area (Å²) in [4.78, 5) is 8.91. The second-order valence-corrected chi connectivity index (χ2v) is 8.50. The van der Waals surface area contributed by atoms with Crippen molar-refractivity contribution in [2.75, 3.05) is 32.2 Å². The van der Waals surface area contributed by atoms with Crippen LogP contribution in [0, 0.1) is 12.7 Å². The first-order valence-corrected chi connectivity index (χ1v) is 11.4. The van der Waals surface area contributed by atoms with E-state index in [1.165, 1.54) is 19.2 Å². The van der Waals surface area contributed by atoms with Crippen LogP contribution in [0.3, 0.4) is 0 Å². The minimum atomic E-state index is -3.69. The van der Waals surface area contributed by atoms with Gasteiger partial charge in [0, 0.05) is 17.0 Å². The fourth-order valence-electron chi connectivity index (χ4n) is 3.77. The molecule has 1 aliphatic rings. The van der Waals surface area contributed by atoms with Gasteiger partial charge in [-0.3, -0.25) is 0 Å². The Morgan fingerprint density at radius 1 is 1.17 bits per heavy atom. The van der Waals surface area contributed by atoms with Crippen molar-refractivity contribution < 1.29 is 32.5 Å². The summed E-state index contributed by atoms with van der Waals surface area (Å²) >= 11 is 0. The normalized spacial score (nSPS) is 14.7. The molecule has 0 spiro atoms. The van der Waals surface area contributed by atoms with Crippen LogP contribution in [0.4, 0.5) is 19.0 Å². The third-order valence-electron chi connectivity index (χ3n) is 5.75. The molecule has 2 aromatic carbocycles. The van der Waals surface area contributed by atoms with E-state index < -0.39 is 30.0 Å². The largest absolute Gasteiger partial charge is 0.493 e. The Morgan fingerprint density at radius 3 is 2.63 bits per heavy atom. The summed E-state index contributed by atoms with van der Waals surface area (Å²) in [6.07, 6.45) is 2.47. The smallest absolute Gasteiger partial charge is 0.298 e. The van der Waals surface area contributed by atoms with Crippen molar-refractivity contribution in [1.29, 1.82) is 0 Å². The number of anilines is 1. The van der Waals surface area contributed by atoms with Gasteiger partial charge in [0.15, 0.2) is 11.5 Å². The highest BCUT2D eigenvalue weighted by molar-refractivity contribution is 5.92. The number of rotatable bonds is 11. The van der Waals surface area contributed by atoms with Gasteiger partial charge >= 0.3 is 0 Å². The van der Waals surface area contributed by atoms with E-state index in [1.807, 2.05) is 0 Å². The molecule has 3 aromatic rings. The highest BCUT2D eigenvalue weighted by Crippen LogP contribution is 2.37. The van der Waals surface area contributed by atoms with Crippen LogP contribution in [-0.4, -0.2) is 48.1 Å². The Bertz CT molecular complexity index is 1200. The predicted octanol–water partition coefficient (Wildman–Crippen LogP) is 4.90. The number of methoxy groups -OCH3 is 1. The lowest BCUT2D eigenvalue weighted by molar-refractivity contribution is -0.0583. The zero-order chi connectivity index (χ0) is 25.2. The Balaban J connectivity index is 1.64. The number of aryl methyl sites for hydroxylation is 1. The van der Waals surface area contributed by atoms with Crippen LogP contribution in [0.1, 0.15) is 42.8 Å². The van der Waals surface area contributed by atoms with Crippen LogP contribution in [-0.2, 0) is 10.7 Å². The van der Waals surface area contributed by atoms with Gasteiger partial charge in [0.05, 0.1) is 36.9 Å². The fraction of sp³-hybridized carbons (Fsp3) is 0.440. The number of fused-ring (bicyclic) bond motifs is 1. The number of aromatic nitrogens is 2. The van der Waals surface area contributed by atoms with Gasteiger partial charge in [-0.1, -0.05) is 12.1 Å². The SMILES string of the molecule is COc1cc2nc(C)nc(N[C@H](C)c3cccc(C(F)(F)CO)c3F)c2cc1OCCOC1CC1. The number of aliphatic hydroxyl groups is 1. The van der Waals surface area contributed by atoms with Crippen LogP contribution >= 0.6 is 0 Å². The third-order valence-corrected chi connectivity index (χ3v) is 5.75. The number of hydrogen-bond donors (Lipinski definition) is 2. The van der Waals surface area contributed by atoms with E-state index >= 15 is 0 Å². The zero-order valence-electron chi connectivity index (χ0n) is 19.8. The number of aliphatic hydroxyl groups excluding tert-OH is 1. The van der Waals surface area contributed by atoms with Crippen LogP contribution in [0.25, 0.3) is 10.9 Å². The number of hydrogen-bond acceptors (Lipinski definition) is 7. The molecule has 0 bridgehead atoms. The maximum atomic E-state index is 15.0. The van der Waals surface area contributed by atoms with Crippen LogP contribution < -0.4 is 14.8 Å². The van der Waals surface area contributed by atoms with Crippen molar-refractivity contribution in [2.45, 2.75) is 44.8 Å². The van der Waals surface area contributed by atoms with Crippen LogP contribution in [0.2, 0.25) is 0 Å². The summed E-state index contributed by atoms with van der Waals surface area (Å²) in [5.41, 5.74) is -0.266. The van der Waals surface area contributed by atoms with Crippen molar-refractivity contribution in [3.8, 4) is 11.5 Å². The first-order chi connectivity index (χ1) is 16.7. The van der Waals surface area contributed by atoms with E-state index in [2.05, 4.69) is 15.3 Å². The molecule has 35 heavy (non-hydrogen) atoms. The van der Waals surface area contributed by atoms with Crippen LogP contribution in [0.15, 0.2) is 30.3 Å². The molecule has 1 heterocycles. The van der Waals surface area contributed by atoms with Gasteiger partial charge in [-0.05, 0) is 38.8 Å². The van der Waals surface area contributed by atoms with Gasteiger partial charge in [0.1, 0.15) is 30.7 Å². The van der Waals surface area contributed by atoms with Gasteiger partial charge in [-0.25, -0.2) is 14.4 Å². The van der Waals surface area contributed by atoms with E-state index in [9.17, 15) is 13.2 Å². The molecule has 7 nitrogen and oxygen atoms in total. The number of ether oxygens (including phenoxy) is 3. The second kappa shape index (κ2) is 10.2. The van der Waals surface area contributed by atoms with E-state index in [4.69, 9.17) is 19.3 Å². The molecule has 1 atom stereocenters. The standard InChI is InChI=1S/C25H28F3N3O4/c1-14(17-5-4-6-19(23(17)26)25(27,28)13-32)29-24-18-11-22(35-10-9-34-16-7-8-16)21(33-3)12-20(18)30-15(2)31-24/h4-6,11-12,14,16,32H,7-10,13H2,1-3H3,(H,29,30,31)/t14-/m1/s1. The van der Waals surface area contributed by atoms with Crippen molar-refractivity contribution >= 4 is 16.7 Å². The zero-order valence-corrected chi connectivity index (χ0v) is 19.8. The quantitative estimate of drug-likeness (QED) is 0.369. The first-order valence-electron chi connectivity index (χ1n) is 11.4. The molecule has 10 heteroatoms. The maximum absolute atomic E-state index is 15.0. The number of halogens is 3. The van der Waals surface area contributed by atoms with E-state index in [1.54, 1.807) is 26.0 Å². The number of alkyl halides is 2. The summed E-state index contributed by atoms with van der Waals surface area (Å²) < 4.78 is 59.9. The lowest BCUT2D eigenvalue weighted by Crippen LogP contribution is -2.22. The fourth-order valence-corrected chi connectivity index (χ4v) is 3.77. The molecular weight excluding hydrogens is 463 g/mol. The van der Waals surface area contributed by atoms with Crippen molar-refractivity contribution in [3.05, 3.63) is 53.1 Å². The lowest BCUT2D eigenvalue weighted by Gasteiger charge is -2.21. The topological polar surface area (TPSA) is 85.7 Å². The highest BCUT2D eigenvalue weighted by atomic mass is 19.3. The molecule has 0 radical (unpaired) electrons. The Kier molecular flexibility index (Phi) is 7.32. The van der Waals surface area contributed by atoms with Gasteiger partial charge in [0.2, 0.25) is 0 Å². The Hall–Kier alpha value is -3.11. The van der Waals surface area contributed by atoms with Crippen molar-refractivity contribution in [2.24, 2.45) is 0 Å². The second-order valence-electron chi connectivity index (χ2n) is 8.50. The van der Waals surface area contributed by atoms with E-state index in [0.29, 0.717) is 53.4 Å². The highest BCUT2D eigenvalue weighted by Gasteiger charge is 2.35. The van der Waals surface area contributed by atoms with E-state index in [0.717, 1.165) is 18.9 Å². The summed E-state index contributed by atoms with van der Waals surface area (Å²) in [7, 11) is 1.53. The van der Waals surface area contributed by atoms with E-state index in [-0.39, 0.29) is 5.56 Å². The number of nitrogens with zero attached hydrogens (tertiary/aromatic N) is 2. The lowest BCUT2D eigenvalue weighted by atomic mass is 10.00. The molecule has 1 saturated carbocycles. The van der Waals surface area contributed by atoms with Crippen molar-refractivity contribution in [1.82, 2.24) is 9.97 Å². The molecule has 0 saturated heterocycles. The molecule has 188 valence electrons. The van der Waals surface area contributed by atoms with Gasteiger partial charge in [-0.2, -0.15) is 8.78 Å². The Labute approximate surface area is 201 Å². The average molecular weight is 492 g/mol. The molecule has 0 unspecified atom stereocenters. The Morgan fingerprint density at radius 2 is 1.94 bits per heavy atom. The third kappa shape index (κ3) is 5.59. The van der Waals surface area contributed by atoms with Gasteiger partial charge in [-0.15, -0.1) is 0 Å².